The number of fused-ring (bicyclic) bond motifs is 1. The van der Waals surface area contributed by atoms with E-state index < -0.39 is 0 Å². The first kappa shape index (κ1) is 13.9. The highest BCUT2D eigenvalue weighted by Gasteiger charge is 2.14. The molecule has 8 heteroatoms. The Balaban J connectivity index is 1.57. The first-order valence-electron chi connectivity index (χ1n) is 6.43. The van der Waals surface area contributed by atoms with Crippen LogP contribution in [0, 0.1) is 0 Å². The normalized spacial score (nSPS) is 11.1. The zero-order chi connectivity index (χ0) is 14.9. The third kappa shape index (κ3) is 2.65. The molecule has 0 aliphatic rings. The minimum absolute atomic E-state index is 0.416. The third-order valence-electron chi connectivity index (χ3n) is 2.95. The Morgan fingerprint density at radius 1 is 1.14 bits per heavy atom. The molecule has 5 nitrogen and oxygen atoms in total. The number of hydrogen-bond acceptors (Lipinski definition) is 6. The molecule has 0 aliphatic heterocycles. The van der Waals surface area contributed by atoms with E-state index in [2.05, 4.69) is 31.2 Å². The van der Waals surface area contributed by atoms with Crippen LogP contribution >= 0.6 is 38.6 Å². The summed E-state index contributed by atoms with van der Waals surface area (Å²) >= 11 is 6.51. The first-order chi connectivity index (χ1) is 10.8. The van der Waals surface area contributed by atoms with Crippen LogP contribution in [0.1, 0.15) is 5.01 Å². The van der Waals surface area contributed by atoms with Gasteiger partial charge in [-0.15, -0.1) is 21.5 Å². The van der Waals surface area contributed by atoms with E-state index in [-0.39, 0.29) is 0 Å². The van der Waals surface area contributed by atoms with Crippen molar-refractivity contribution in [2.24, 2.45) is 0 Å². The average Bonchev–Trinajstić information content (AvgIpc) is 3.22. The minimum Gasteiger partial charge on any atom is -0.486 e. The van der Waals surface area contributed by atoms with Crippen LogP contribution in [-0.2, 0) is 6.61 Å². The number of ether oxygens (including phenoxy) is 1. The number of halogens is 1. The van der Waals surface area contributed by atoms with E-state index in [9.17, 15) is 0 Å². The van der Waals surface area contributed by atoms with Crippen LogP contribution in [0.25, 0.3) is 15.7 Å². The van der Waals surface area contributed by atoms with Gasteiger partial charge in [0.1, 0.15) is 12.4 Å². The van der Waals surface area contributed by atoms with Crippen LogP contribution in [0.4, 0.5) is 0 Å². The molecule has 4 aromatic rings. The van der Waals surface area contributed by atoms with E-state index in [0.29, 0.717) is 6.61 Å². The summed E-state index contributed by atoms with van der Waals surface area (Å²) in [5.41, 5.74) is 0. The van der Waals surface area contributed by atoms with Gasteiger partial charge in [-0.3, -0.25) is 0 Å². The summed E-state index contributed by atoms with van der Waals surface area (Å²) in [7, 11) is 0. The standard InChI is InChI=1S/C14H9BrN4OS2/c15-9-3-5-10(6-4-9)20-8-12-18-19-13(11-2-1-7-21-11)16-17-14(19)22-12/h1-7H,8H2. The maximum atomic E-state index is 5.74. The predicted octanol–water partition coefficient (Wildman–Crippen LogP) is 4.26. The lowest BCUT2D eigenvalue weighted by Crippen LogP contribution is -1.97. The quantitative estimate of drug-likeness (QED) is 0.520. The van der Waals surface area contributed by atoms with Gasteiger partial charge in [-0.25, -0.2) is 0 Å². The smallest absolute Gasteiger partial charge is 0.235 e. The van der Waals surface area contributed by atoms with Crippen molar-refractivity contribution in [2.75, 3.05) is 0 Å². The zero-order valence-electron chi connectivity index (χ0n) is 11.1. The van der Waals surface area contributed by atoms with Gasteiger partial charge in [-0.2, -0.15) is 9.61 Å². The van der Waals surface area contributed by atoms with Gasteiger partial charge in [0.05, 0.1) is 4.88 Å². The second kappa shape index (κ2) is 5.79. The molecule has 110 valence electrons. The van der Waals surface area contributed by atoms with E-state index in [4.69, 9.17) is 4.74 Å². The van der Waals surface area contributed by atoms with E-state index in [1.54, 1.807) is 15.9 Å². The predicted molar refractivity (Wildman–Crippen MR) is 90.4 cm³/mol. The highest BCUT2D eigenvalue weighted by atomic mass is 79.9. The molecule has 0 saturated heterocycles. The fraction of sp³-hybridized carbons (Fsp3) is 0.0714. The molecular weight excluding hydrogens is 384 g/mol. The van der Waals surface area contributed by atoms with E-state index in [1.807, 2.05) is 41.8 Å². The van der Waals surface area contributed by atoms with Gasteiger partial charge in [0.25, 0.3) is 0 Å². The number of aromatic nitrogens is 4. The van der Waals surface area contributed by atoms with Gasteiger partial charge >= 0.3 is 0 Å². The topological polar surface area (TPSA) is 52.3 Å². The van der Waals surface area contributed by atoms with Gasteiger partial charge in [0.15, 0.2) is 10.8 Å². The summed E-state index contributed by atoms with van der Waals surface area (Å²) in [5.74, 6) is 1.59. The Bertz CT molecular complexity index is 899. The van der Waals surface area contributed by atoms with Gasteiger partial charge in [0, 0.05) is 4.47 Å². The van der Waals surface area contributed by atoms with E-state index in [1.165, 1.54) is 11.3 Å². The molecule has 3 heterocycles. The number of benzene rings is 1. The Morgan fingerprint density at radius 2 is 2.00 bits per heavy atom. The Hall–Kier alpha value is -1.77. The van der Waals surface area contributed by atoms with Crippen LogP contribution in [0.2, 0.25) is 0 Å². The van der Waals surface area contributed by atoms with Crippen LogP contribution in [0.15, 0.2) is 46.3 Å². The number of rotatable bonds is 4. The molecule has 4 rings (SSSR count). The molecule has 3 aromatic heterocycles. The highest BCUT2D eigenvalue weighted by Crippen LogP contribution is 2.25. The van der Waals surface area contributed by atoms with Crippen molar-refractivity contribution in [1.82, 2.24) is 19.8 Å². The van der Waals surface area contributed by atoms with Gasteiger partial charge in [-0.1, -0.05) is 33.3 Å². The second-order valence-electron chi connectivity index (χ2n) is 4.43. The molecule has 0 saturated carbocycles. The third-order valence-corrected chi connectivity index (χ3v) is 5.22. The number of hydrogen-bond donors (Lipinski definition) is 0. The van der Waals surface area contributed by atoms with E-state index >= 15 is 0 Å². The fourth-order valence-electron chi connectivity index (χ4n) is 1.95. The van der Waals surface area contributed by atoms with Crippen molar-refractivity contribution in [3.63, 3.8) is 0 Å². The Labute approximate surface area is 142 Å². The van der Waals surface area contributed by atoms with Crippen molar-refractivity contribution >= 4 is 43.6 Å². The summed E-state index contributed by atoms with van der Waals surface area (Å²) in [4.78, 5) is 1.83. The van der Waals surface area contributed by atoms with Crippen molar-refractivity contribution in [3.8, 4) is 16.5 Å². The van der Waals surface area contributed by atoms with Crippen molar-refractivity contribution in [3.05, 3.63) is 51.3 Å². The maximum absolute atomic E-state index is 5.74. The lowest BCUT2D eigenvalue weighted by Gasteiger charge is -2.03. The molecule has 0 radical (unpaired) electrons. The number of thiophene rings is 1. The molecule has 0 N–H and O–H groups in total. The molecule has 22 heavy (non-hydrogen) atoms. The van der Waals surface area contributed by atoms with Gasteiger partial charge in [0.2, 0.25) is 4.96 Å². The largest absolute Gasteiger partial charge is 0.486 e. The van der Waals surface area contributed by atoms with Gasteiger partial charge < -0.3 is 4.74 Å². The Kier molecular flexibility index (Phi) is 3.65. The maximum Gasteiger partial charge on any atom is 0.235 e. The lowest BCUT2D eigenvalue weighted by molar-refractivity contribution is 0.304. The summed E-state index contributed by atoms with van der Waals surface area (Å²) in [5, 5.41) is 15.8. The SMILES string of the molecule is Brc1ccc(OCc2nn3c(-c4cccs4)nnc3s2)cc1. The molecule has 0 fully saturated rings. The van der Waals surface area contributed by atoms with Crippen molar-refractivity contribution < 1.29 is 4.74 Å². The highest BCUT2D eigenvalue weighted by molar-refractivity contribution is 9.10. The summed E-state index contributed by atoms with van der Waals surface area (Å²) in [6.45, 7) is 0.416. The summed E-state index contributed by atoms with van der Waals surface area (Å²) in [6.07, 6.45) is 0. The van der Waals surface area contributed by atoms with Crippen molar-refractivity contribution in [2.45, 2.75) is 6.61 Å². The van der Waals surface area contributed by atoms with Crippen LogP contribution in [0.5, 0.6) is 5.75 Å². The molecule has 0 amide bonds. The monoisotopic (exact) mass is 392 g/mol. The molecule has 0 bridgehead atoms. The van der Waals surface area contributed by atoms with Crippen molar-refractivity contribution in [1.29, 1.82) is 0 Å². The summed E-state index contributed by atoms with van der Waals surface area (Å²) in [6, 6.07) is 11.7. The molecular formula is C14H9BrN4OS2. The first-order valence-corrected chi connectivity index (χ1v) is 8.92. The molecule has 1 aromatic carbocycles. The fourth-order valence-corrected chi connectivity index (χ4v) is 3.65. The zero-order valence-corrected chi connectivity index (χ0v) is 14.4. The Morgan fingerprint density at radius 3 is 2.77 bits per heavy atom. The second-order valence-corrected chi connectivity index (χ2v) is 7.34. The van der Waals surface area contributed by atoms with Crippen LogP contribution in [0.3, 0.4) is 0 Å². The summed E-state index contributed by atoms with van der Waals surface area (Å²) < 4.78 is 8.55. The molecule has 0 aliphatic carbocycles. The molecule has 0 spiro atoms. The molecule has 0 unspecified atom stereocenters. The minimum atomic E-state index is 0.416. The van der Waals surface area contributed by atoms with Crippen LogP contribution < -0.4 is 4.74 Å². The molecule has 0 atom stereocenters. The van der Waals surface area contributed by atoms with Gasteiger partial charge in [-0.05, 0) is 35.7 Å². The average molecular weight is 393 g/mol. The lowest BCUT2D eigenvalue weighted by atomic mass is 10.3. The number of nitrogens with zero attached hydrogens (tertiary/aromatic N) is 4. The van der Waals surface area contributed by atoms with Crippen LogP contribution in [-0.4, -0.2) is 19.8 Å². The van der Waals surface area contributed by atoms with E-state index in [0.717, 1.165) is 30.9 Å².